The molecule has 1 N–H and O–H groups in total. The molecule has 1 amide bonds. The Bertz CT molecular complexity index is 529. The third kappa shape index (κ3) is 3.01. The maximum absolute atomic E-state index is 12.0. The first kappa shape index (κ1) is 13.7. The first-order valence-corrected chi connectivity index (χ1v) is 6.37. The van der Waals surface area contributed by atoms with Gasteiger partial charge in [-0.1, -0.05) is 24.9 Å². The van der Waals surface area contributed by atoms with Gasteiger partial charge in [0.2, 0.25) is 0 Å². The summed E-state index contributed by atoms with van der Waals surface area (Å²) in [5.74, 6) is -0.422. The van der Waals surface area contributed by atoms with Crippen LogP contribution in [0.25, 0.3) is 0 Å². The number of rotatable bonds is 4. The summed E-state index contributed by atoms with van der Waals surface area (Å²) in [6.07, 6.45) is 4.36. The first-order valence-electron chi connectivity index (χ1n) is 5.99. The number of hydrogen-bond donors (Lipinski definition) is 1. The molecule has 102 valence electrons. The lowest BCUT2D eigenvalue weighted by Gasteiger charge is -2.38. The molecular formula is C12H14ClN3O3. The van der Waals surface area contributed by atoms with Gasteiger partial charge in [0.25, 0.3) is 11.6 Å². The lowest BCUT2D eigenvalue weighted by Crippen LogP contribution is -2.40. The van der Waals surface area contributed by atoms with Crippen molar-refractivity contribution in [2.75, 3.05) is 6.54 Å². The summed E-state index contributed by atoms with van der Waals surface area (Å²) in [5, 5.41) is 13.4. The van der Waals surface area contributed by atoms with E-state index in [4.69, 9.17) is 11.6 Å². The van der Waals surface area contributed by atoms with Crippen LogP contribution < -0.4 is 5.32 Å². The highest BCUT2D eigenvalue weighted by molar-refractivity contribution is 6.32. The number of carbonyl (C=O) groups is 1. The third-order valence-corrected chi connectivity index (χ3v) is 3.82. The quantitative estimate of drug-likeness (QED) is 0.523. The van der Waals surface area contributed by atoms with E-state index in [9.17, 15) is 14.9 Å². The number of nitrogens with zero attached hydrogens (tertiary/aromatic N) is 2. The van der Waals surface area contributed by atoms with E-state index >= 15 is 0 Å². The van der Waals surface area contributed by atoms with E-state index in [1.54, 1.807) is 0 Å². The van der Waals surface area contributed by atoms with E-state index in [2.05, 4.69) is 17.2 Å². The van der Waals surface area contributed by atoms with Gasteiger partial charge in [-0.2, -0.15) is 0 Å². The summed E-state index contributed by atoms with van der Waals surface area (Å²) in [6.45, 7) is 2.65. The molecule has 1 aromatic heterocycles. The van der Waals surface area contributed by atoms with Gasteiger partial charge < -0.3 is 5.32 Å². The van der Waals surface area contributed by atoms with Gasteiger partial charge in [-0.05, 0) is 18.3 Å². The Morgan fingerprint density at radius 1 is 1.63 bits per heavy atom. The van der Waals surface area contributed by atoms with E-state index in [1.165, 1.54) is 6.42 Å². The second-order valence-electron chi connectivity index (χ2n) is 5.14. The Morgan fingerprint density at radius 3 is 2.84 bits per heavy atom. The van der Waals surface area contributed by atoms with Gasteiger partial charge in [-0.15, -0.1) is 0 Å². The number of halogens is 1. The van der Waals surface area contributed by atoms with Crippen LogP contribution in [0.5, 0.6) is 0 Å². The average Bonchev–Trinajstić information content (AvgIpc) is 2.34. The van der Waals surface area contributed by atoms with Crippen molar-refractivity contribution in [1.82, 2.24) is 10.3 Å². The summed E-state index contributed by atoms with van der Waals surface area (Å²) < 4.78 is 0. The number of aromatic nitrogens is 1. The van der Waals surface area contributed by atoms with Crippen molar-refractivity contribution >= 4 is 23.2 Å². The van der Waals surface area contributed by atoms with Gasteiger partial charge in [-0.25, -0.2) is 4.98 Å². The molecule has 2 rings (SSSR count). The van der Waals surface area contributed by atoms with Crippen LogP contribution in [0.4, 0.5) is 5.69 Å². The minimum Gasteiger partial charge on any atom is -0.351 e. The van der Waals surface area contributed by atoms with Crippen LogP contribution in [0.2, 0.25) is 5.15 Å². The van der Waals surface area contributed by atoms with Crippen LogP contribution in [-0.4, -0.2) is 22.4 Å². The van der Waals surface area contributed by atoms with Crippen LogP contribution >= 0.6 is 11.6 Å². The lowest BCUT2D eigenvalue weighted by molar-refractivity contribution is -0.385. The molecule has 0 bridgehead atoms. The van der Waals surface area contributed by atoms with Crippen molar-refractivity contribution in [3.8, 4) is 0 Å². The van der Waals surface area contributed by atoms with Crippen LogP contribution in [0, 0.1) is 15.5 Å². The molecule has 0 radical (unpaired) electrons. The molecule has 0 saturated heterocycles. The zero-order valence-electron chi connectivity index (χ0n) is 10.5. The molecule has 0 unspecified atom stereocenters. The fourth-order valence-corrected chi connectivity index (χ4v) is 2.23. The molecule has 1 aliphatic rings. The second kappa shape index (κ2) is 5.13. The smallest absolute Gasteiger partial charge is 0.288 e. The van der Waals surface area contributed by atoms with Crippen LogP contribution in [-0.2, 0) is 0 Å². The molecule has 19 heavy (non-hydrogen) atoms. The maximum atomic E-state index is 12.0. The van der Waals surface area contributed by atoms with Gasteiger partial charge in [0.15, 0.2) is 0 Å². The average molecular weight is 284 g/mol. The van der Waals surface area contributed by atoms with Crippen molar-refractivity contribution in [2.45, 2.75) is 26.2 Å². The zero-order valence-corrected chi connectivity index (χ0v) is 11.2. The predicted molar refractivity (Wildman–Crippen MR) is 70.2 cm³/mol. The van der Waals surface area contributed by atoms with Crippen molar-refractivity contribution in [3.63, 3.8) is 0 Å². The van der Waals surface area contributed by atoms with Crippen molar-refractivity contribution in [3.05, 3.63) is 33.1 Å². The zero-order chi connectivity index (χ0) is 14.0. The van der Waals surface area contributed by atoms with Crippen molar-refractivity contribution < 1.29 is 9.72 Å². The van der Waals surface area contributed by atoms with E-state index in [0.717, 1.165) is 25.1 Å². The monoisotopic (exact) mass is 283 g/mol. The highest BCUT2D eigenvalue weighted by atomic mass is 35.5. The summed E-state index contributed by atoms with van der Waals surface area (Å²) >= 11 is 5.80. The molecule has 1 saturated carbocycles. The number of nitro groups is 1. The molecular weight excluding hydrogens is 270 g/mol. The number of pyridine rings is 1. The Morgan fingerprint density at radius 2 is 2.32 bits per heavy atom. The van der Waals surface area contributed by atoms with Crippen LogP contribution in [0.3, 0.4) is 0 Å². The molecule has 1 fully saturated rings. The Kier molecular flexibility index (Phi) is 3.71. The number of hydrogen-bond acceptors (Lipinski definition) is 4. The SMILES string of the molecule is CC1(CNC(=O)c2cc([N+](=O)[O-])cnc2Cl)CCC1. The van der Waals surface area contributed by atoms with Crippen molar-refractivity contribution in [2.24, 2.45) is 5.41 Å². The molecule has 0 atom stereocenters. The number of carbonyl (C=O) groups excluding carboxylic acids is 1. The highest BCUT2D eigenvalue weighted by Crippen LogP contribution is 2.39. The standard InChI is InChI=1S/C12H14ClN3O3/c1-12(3-2-4-12)7-15-11(17)9-5-8(16(18)19)6-14-10(9)13/h5-6H,2-4,7H2,1H3,(H,15,17). The minimum absolute atomic E-state index is 0.0261. The predicted octanol–water partition coefficient (Wildman–Crippen LogP) is 2.56. The molecule has 1 heterocycles. The Labute approximate surface area is 115 Å². The number of amides is 1. The molecule has 1 aliphatic carbocycles. The summed E-state index contributed by atoms with van der Waals surface area (Å²) in [7, 11) is 0. The number of nitrogens with one attached hydrogen (secondary N) is 1. The van der Waals surface area contributed by atoms with Crippen molar-refractivity contribution in [1.29, 1.82) is 0 Å². The van der Waals surface area contributed by atoms with Gasteiger partial charge in [0, 0.05) is 12.6 Å². The molecule has 0 spiro atoms. The molecule has 6 nitrogen and oxygen atoms in total. The molecule has 1 aromatic rings. The third-order valence-electron chi connectivity index (χ3n) is 3.52. The summed E-state index contributed by atoms with van der Waals surface area (Å²) in [4.78, 5) is 25.7. The minimum atomic E-state index is -0.604. The fourth-order valence-electron chi connectivity index (χ4n) is 2.04. The lowest BCUT2D eigenvalue weighted by atomic mass is 9.70. The van der Waals surface area contributed by atoms with Gasteiger partial charge in [-0.3, -0.25) is 14.9 Å². The fraction of sp³-hybridized carbons (Fsp3) is 0.500. The van der Waals surface area contributed by atoms with Gasteiger partial charge in [0.05, 0.1) is 10.5 Å². The Hall–Kier alpha value is -1.69. The van der Waals surface area contributed by atoms with E-state index in [0.29, 0.717) is 6.54 Å². The second-order valence-corrected chi connectivity index (χ2v) is 5.49. The maximum Gasteiger partial charge on any atom is 0.288 e. The van der Waals surface area contributed by atoms with Gasteiger partial charge >= 0.3 is 0 Å². The van der Waals surface area contributed by atoms with E-state index < -0.39 is 10.8 Å². The summed E-state index contributed by atoms with van der Waals surface area (Å²) in [5.41, 5.74) is -0.0702. The highest BCUT2D eigenvalue weighted by Gasteiger charge is 2.32. The van der Waals surface area contributed by atoms with Gasteiger partial charge in [0.1, 0.15) is 11.3 Å². The van der Waals surface area contributed by atoms with E-state index in [1.807, 2.05) is 0 Å². The van der Waals surface area contributed by atoms with Crippen LogP contribution in [0.15, 0.2) is 12.3 Å². The molecule has 7 heteroatoms. The van der Waals surface area contributed by atoms with Crippen LogP contribution in [0.1, 0.15) is 36.5 Å². The summed E-state index contributed by atoms with van der Waals surface area (Å²) in [6, 6.07) is 1.15. The topological polar surface area (TPSA) is 85.1 Å². The first-order chi connectivity index (χ1) is 8.91. The van der Waals surface area contributed by atoms with E-state index in [-0.39, 0.29) is 21.8 Å². The molecule has 0 aliphatic heterocycles. The largest absolute Gasteiger partial charge is 0.351 e. The normalized spacial score (nSPS) is 16.5. The molecule has 0 aromatic carbocycles. The Balaban J connectivity index is 2.09.